The van der Waals surface area contributed by atoms with Gasteiger partial charge in [0.2, 0.25) is 5.91 Å². The van der Waals surface area contributed by atoms with Crippen LogP contribution < -0.4 is 14.8 Å². The number of anilines is 1. The van der Waals surface area contributed by atoms with Crippen LogP contribution in [0.25, 0.3) is 0 Å². The van der Waals surface area contributed by atoms with Crippen LogP contribution in [0.5, 0.6) is 11.5 Å². The Morgan fingerprint density at radius 2 is 1.72 bits per heavy atom. The molecule has 0 radical (unpaired) electrons. The lowest BCUT2D eigenvalue weighted by Crippen LogP contribution is -2.33. The van der Waals surface area contributed by atoms with Crippen molar-refractivity contribution in [2.75, 3.05) is 12.4 Å². The van der Waals surface area contributed by atoms with Crippen LogP contribution in [0.1, 0.15) is 18.1 Å². The molecule has 1 amide bonds. The maximum atomic E-state index is 12.5. The Labute approximate surface area is 142 Å². The first-order chi connectivity index (χ1) is 11.7. The normalized spacial score (nSPS) is 19.3. The van der Waals surface area contributed by atoms with E-state index in [0.29, 0.717) is 17.9 Å². The zero-order chi connectivity index (χ0) is 18.2. The molecule has 25 heavy (non-hydrogen) atoms. The molecule has 1 aliphatic heterocycles. The van der Waals surface area contributed by atoms with Crippen LogP contribution in [0.15, 0.2) is 42.5 Å². The van der Waals surface area contributed by atoms with Gasteiger partial charge in [0.1, 0.15) is 11.5 Å². The van der Waals surface area contributed by atoms with Gasteiger partial charge in [-0.3, -0.25) is 4.79 Å². The van der Waals surface area contributed by atoms with Crippen molar-refractivity contribution in [3.05, 3.63) is 53.6 Å². The Morgan fingerprint density at radius 3 is 2.32 bits per heavy atom. The van der Waals surface area contributed by atoms with E-state index in [0.717, 1.165) is 11.1 Å². The van der Waals surface area contributed by atoms with Gasteiger partial charge in [-0.2, -0.15) is 0 Å². The Hall–Kier alpha value is -2.70. The number of ether oxygens (including phenoxy) is 2. The zero-order valence-corrected chi connectivity index (χ0v) is 13.6. The first-order valence-corrected chi connectivity index (χ1v) is 7.56. The van der Waals surface area contributed by atoms with Crippen molar-refractivity contribution < 1.29 is 27.4 Å². The Kier molecular flexibility index (Phi) is 4.10. The Balaban J connectivity index is 1.86. The summed E-state index contributed by atoms with van der Waals surface area (Å²) < 4.78 is 45.8. The van der Waals surface area contributed by atoms with Crippen LogP contribution in [-0.4, -0.2) is 19.4 Å². The monoisotopic (exact) mass is 351 g/mol. The number of alkyl halides is 3. The number of benzene rings is 2. The fourth-order valence-electron chi connectivity index (χ4n) is 2.99. The molecular formula is C18H16F3NO3. The molecule has 0 spiro atoms. The van der Waals surface area contributed by atoms with E-state index in [1.54, 1.807) is 32.2 Å². The average Bonchev–Trinajstić information content (AvgIpc) is 2.78. The highest BCUT2D eigenvalue weighted by molar-refractivity contribution is 6.06. The molecule has 0 aliphatic carbocycles. The third-order valence-corrected chi connectivity index (χ3v) is 4.29. The van der Waals surface area contributed by atoms with Crippen molar-refractivity contribution in [3.63, 3.8) is 0 Å². The minimum absolute atomic E-state index is 0.161. The van der Waals surface area contributed by atoms with E-state index in [2.05, 4.69) is 10.1 Å². The van der Waals surface area contributed by atoms with E-state index in [9.17, 15) is 18.0 Å². The molecule has 0 saturated heterocycles. The number of carbonyl (C=O) groups is 1. The Morgan fingerprint density at radius 1 is 1.08 bits per heavy atom. The van der Waals surface area contributed by atoms with Gasteiger partial charge in [0, 0.05) is 5.69 Å². The van der Waals surface area contributed by atoms with Crippen LogP contribution >= 0.6 is 0 Å². The molecule has 1 unspecified atom stereocenters. The minimum atomic E-state index is -4.73. The summed E-state index contributed by atoms with van der Waals surface area (Å²) in [6, 6.07) is 10.9. The number of methoxy groups -OCH3 is 1. The van der Waals surface area contributed by atoms with E-state index in [4.69, 9.17) is 4.74 Å². The lowest BCUT2D eigenvalue weighted by atomic mass is 9.78. The van der Waals surface area contributed by atoms with Crippen molar-refractivity contribution in [1.82, 2.24) is 0 Å². The molecule has 2 aromatic carbocycles. The molecule has 3 rings (SSSR count). The lowest BCUT2D eigenvalue weighted by molar-refractivity contribution is -0.274. The molecule has 1 atom stereocenters. The number of halogens is 3. The second-order valence-electron chi connectivity index (χ2n) is 6.07. The van der Waals surface area contributed by atoms with E-state index in [1.807, 2.05) is 0 Å². The van der Waals surface area contributed by atoms with Crippen molar-refractivity contribution in [3.8, 4) is 11.5 Å². The zero-order valence-electron chi connectivity index (χ0n) is 13.6. The van der Waals surface area contributed by atoms with Gasteiger partial charge in [0.15, 0.2) is 0 Å². The van der Waals surface area contributed by atoms with Crippen molar-refractivity contribution in [2.45, 2.75) is 25.1 Å². The van der Waals surface area contributed by atoms with Crippen LogP contribution in [0.3, 0.4) is 0 Å². The fraction of sp³-hybridized carbons (Fsp3) is 0.278. The van der Waals surface area contributed by atoms with Gasteiger partial charge in [0.05, 0.1) is 12.5 Å². The van der Waals surface area contributed by atoms with Crippen LogP contribution in [0.2, 0.25) is 0 Å². The van der Waals surface area contributed by atoms with Gasteiger partial charge in [-0.25, -0.2) is 0 Å². The number of fused-ring (bicyclic) bond motifs is 1. The first kappa shape index (κ1) is 17.1. The summed E-state index contributed by atoms with van der Waals surface area (Å²) in [7, 11) is 1.54. The van der Waals surface area contributed by atoms with Crippen LogP contribution in [0.4, 0.5) is 18.9 Å². The summed E-state index contributed by atoms with van der Waals surface area (Å²) in [6.45, 7) is 1.80. The van der Waals surface area contributed by atoms with Crippen molar-refractivity contribution >= 4 is 11.6 Å². The van der Waals surface area contributed by atoms with E-state index in [1.165, 1.54) is 24.3 Å². The first-order valence-electron chi connectivity index (χ1n) is 7.56. The standard InChI is InChI=1S/C18H16F3NO3/c1-17(10-11-3-5-12(6-4-11)25-18(19,20)21)14-9-13(24-2)7-8-15(14)22-16(17)23/h3-9H,10H2,1-2H3,(H,22,23). The number of amides is 1. The summed E-state index contributed by atoms with van der Waals surface area (Å²) in [4.78, 5) is 12.5. The number of rotatable bonds is 4. The number of hydrogen-bond acceptors (Lipinski definition) is 3. The largest absolute Gasteiger partial charge is 0.573 e. The van der Waals surface area contributed by atoms with Crippen molar-refractivity contribution in [1.29, 1.82) is 0 Å². The molecule has 7 heteroatoms. The topological polar surface area (TPSA) is 47.6 Å². The molecule has 0 saturated carbocycles. The molecule has 4 nitrogen and oxygen atoms in total. The average molecular weight is 351 g/mol. The summed E-state index contributed by atoms with van der Waals surface area (Å²) in [5.41, 5.74) is 1.40. The van der Waals surface area contributed by atoms with Gasteiger partial charge in [-0.15, -0.1) is 13.2 Å². The lowest BCUT2D eigenvalue weighted by Gasteiger charge is -2.23. The van der Waals surface area contributed by atoms with Gasteiger partial charge in [0.25, 0.3) is 0 Å². The molecule has 1 N–H and O–H groups in total. The number of hydrogen-bond donors (Lipinski definition) is 1. The van der Waals surface area contributed by atoms with Crippen LogP contribution in [0, 0.1) is 0 Å². The maximum Gasteiger partial charge on any atom is 0.573 e. The minimum Gasteiger partial charge on any atom is -0.497 e. The van der Waals surface area contributed by atoms with E-state index < -0.39 is 11.8 Å². The molecule has 0 bridgehead atoms. The molecule has 2 aromatic rings. The Bertz CT molecular complexity index is 802. The summed E-state index contributed by atoms with van der Waals surface area (Å²) in [5, 5.41) is 2.83. The smallest absolute Gasteiger partial charge is 0.497 e. The van der Waals surface area contributed by atoms with Crippen LogP contribution in [-0.2, 0) is 16.6 Å². The second-order valence-corrected chi connectivity index (χ2v) is 6.07. The van der Waals surface area contributed by atoms with Gasteiger partial charge in [-0.05, 0) is 54.8 Å². The SMILES string of the molecule is COc1ccc2c(c1)C(C)(Cc1ccc(OC(F)(F)F)cc1)C(=O)N2. The number of nitrogens with one attached hydrogen (secondary N) is 1. The quantitative estimate of drug-likeness (QED) is 0.904. The number of carbonyl (C=O) groups excluding carboxylic acids is 1. The van der Waals surface area contributed by atoms with Gasteiger partial charge < -0.3 is 14.8 Å². The van der Waals surface area contributed by atoms with Gasteiger partial charge in [-0.1, -0.05) is 12.1 Å². The summed E-state index contributed by atoms with van der Waals surface area (Å²) in [6.07, 6.45) is -4.39. The molecule has 0 fully saturated rings. The van der Waals surface area contributed by atoms with Crippen molar-refractivity contribution in [2.24, 2.45) is 0 Å². The maximum absolute atomic E-state index is 12.5. The van der Waals surface area contributed by atoms with E-state index in [-0.39, 0.29) is 11.7 Å². The van der Waals surface area contributed by atoms with E-state index >= 15 is 0 Å². The predicted molar refractivity (Wildman–Crippen MR) is 85.8 cm³/mol. The molecular weight excluding hydrogens is 335 g/mol. The molecule has 0 aromatic heterocycles. The molecule has 1 heterocycles. The highest BCUT2D eigenvalue weighted by Gasteiger charge is 2.43. The highest BCUT2D eigenvalue weighted by atomic mass is 19.4. The fourth-order valence-corrected chi connectivity index (χ4v) is 2.99. The third kappa shape index (κ3) is 3.40. The molecule has 132 valence electrons. The highest BCUT2D eigenvalue weighted by Crippen LogP contribution is 2.42. The predicted octanol–water partition coefficient (Wildman–Crippen LogP) is 4.05. The molecule has 1 aliphatic rings. The van der Waals surface area contributed by atoms with Gasteiger partial charge >= 0.3 is 6.36 Å². The second kappa shape index (κ2) is 5.98. The third-order valence-electron chi connectivity index (χ3n) is 4.29. The summed E-state index contributed by atoms with van der Waals surface area (Å²) >= 11 is 0. The summed E-state index contributed by atoms with van der Waals surface area (Å²) in [5.74, 6) is 0.182.